The standard InChI is InChI=1S/C18H16F2/c1-3-4-14-5-7-15(8-6-14)9-10-16-17(19)11-13(2)12-18(16)20/h5-8,11-12H,9-10H2,1-2H3. The molecule has 0 spiro atoms. The molecule has 2 aromatic carbocycles. The van der Waals surface area contributed by atoms with E-state index in [-0.39, 0.29) is 5.56 Å². The summed E-state index contributed by atoms with van der Waals surface area (Å²) >= 11 is 0. The Bertz CT molecular complexity index is 635. The summed E-state index contributed by atoms with van der Waals surface area (Å²) in [7, 11) is 0. The van der Waals surface area contributed by atoms with Crippen LogP contribution in [0.1, 0.15) is 29.2 Å². The maximum absolute atomic E-state index is 13.7. The number of aryl methyl sites for hydroxylation is 2. The highest BCUT2D eigenvalue weighted by Crippen LogP contribution is 2.17. The van der Waals surface area contributed by atoms with Gasteiger partial charge in [-0.1, -0.05) is 18.1 Å². The van der Waals surface area contributed by atoms with Crippen molar-refractivity contribution in [2.75, 3.05) is 0 Å². The average molecular weight is 270 g/mol. The fraction of sp³-hybridized carbons (Fsp3) is 0.222. The lowest BCUT2D eigenvalue weighted by molar-refractivity contribution is 0.553. The van der Waals surface area contributed by atoms with Crippen molar-refractivity contribution in [2.45, 2.75) is 26.7 Å². The summed E-state index contributed by atoms with van der Waals surface area (Å²) in [6.07, 6.45) is 0.966. The summed E-state index contributed by atoms with van der Waals surface area (Å²) in [6, 6.07) is 10.5. The van der Waals surface area contributed by atoms with Gasteiger partial charge < -0.3 is 0 Å². The van der Waals surface area contributed by atoms with Gasteiger partial charge in [0, 0.05) is 11.1 Å². The van der Waals surface area contributed by atoms with Crippen LogP contribution >= 0.6 is 0 Å². The lowest BCUT2D eigenvalue weighted by Gasteiger charge is -2.06. The number of rotatable bonds is 3. The molecular formula is C18H16F2. The molecule has 0 aliphatic rings. The van der Waals surface area contributed by atoms with Crippen molar-refractivity contribution in [3.8, 4) is 11.8 Å². The van der Waals surface area contributed by atoms with Crippen LogP contribution in [0.3, 0.4) is 0 Å². The zero-order chi connectivity index (χ0) is 14.5. The maximum atomic E-state index is 13.7. The minimum absolute atomic E-state index is 0.160. The summed E-state index contributed by atoms with van der Waals surface area (Å²) in [5, 5.41) is 0. The van der Waals surface area contributed by atoms with Crippen LogP contribution in [0.15, 0.2) is 36.4 Å². The molecule has 0 aliphatic carbocycles. The molecule has 2 rings (SSSR count). The summed E-state index contributed by atoms with van der Waals surface area (Å²) in [5.74, 6) is 4.87. The molecule has 0 amide bonds. The molecule has 0 aromatic heterocycles. The Morgan fingerprint density at radius 3 is 2.10 bits per heavy atom. The van der Waals surface area contributed by atoms with Crippen LogP contribution in [-0.4, -0.2) is 0 Å². The highest BCUT2D eigenvalue weighted by Gasteiger charge is 2.09. The second kappa shape index (κ2) is 6.34. The molecule has 0 atom stereocenters. The minimum atomic E-state index is -0.462. The topological polar surface area (TPSA) is 0 Å². The summed E-state index contributed by atoms with van der Waals surface area (Å²) in [5.41, 5.74) is 2.76. The molecule has 2 heteroatoms. The predicted molar refractivity (Wildman–Crippen MR) is 77.5 cm³/mol. The smallest absolute Gasteiger partial charge is 0.129 e. The van der Waals surface area contributed by atoms with E-state index in [1.54, 1.807) is 13.8 Å². The van der Waals surface area contributed by atoms with E-state index in [9.17, 15) is 8.78 Å². The summed E-state index contributed by atoms with van der Waals surface area (Å²) in [4.78, 5) is 0. The van der Waals surface area contributed by atoms with E-state index in [1.165, 1.54) is 12.1 Å². The Morgan fingerprint density at radius 2 is 1.55 bits per heavy atom. The van der Waals surface area contributed by atoms with Crippen LogP contribution in [0.25, 0.3) is 0 Å². The van der Waals surface area contributed by atoms with Crippen molar-refractivity contribution < 1.29 is 8.78 Å². The molecule has 20 heavy (non-hydrogen) atoms. The Kier molecular flexibility index (Phi) is 4.53. The molecule has 0 saturated heterocycles. The Balaban J connectivity index is 2.10. The molecule has 0 aliphatic heterocycles. The summed E-state index contributed by atoms with van der Waals surface area (Å²) in [6.45, 7) is 3.47. The molecule has 0 fully saturated rings. The van der Waals surface area contributed by atoms with Gasteiger partial charge in [0.05, 0.1) is 0 Å². The van der Waals surface area contributed by atoms with E-state index >= 15 is 0 Å². The van der Waals surface area contributed by atoms with Crippen molar-refractivity contribution in [2.24, 2.45) is 0 Å². The molecule has 102 valence electrons. The van der Waals surface area contributed by atoms with Gasteiger partial charge in [-0.25, -0.2) is 8.78 Å². The quantitative estimate of drug-likeness (QED) is 0.724. The van der Waals surface area contributed by atoms with Gasteiger partial charge in [0.15, 0.2) is 0 Å². The second-order valence-electron chi connectivity index (χ2n) is 4.78. The zero-order valence-electron chi connectivity index (χ0n) is 11.6. The molecule has 0 N–H and O–H groups in total. The van der Waals surface area contributed by atoms with Crippen molar-refractivity contribution in [3.63, 3.8) is 0 Å². The Hall–Kier alpha value is -2.14. The first kappa shape index (κ1) is 14.3. The largest absolute Gasteiger partial charge is 0.207 e. The van der Waals surface area contributed by atoms with Gasteiger partial charge in [-0.05, 0) is 62.1 Å². The predicted octanol–water partition coefficient (Wildman–Crippen LogP) is 4.43. The van der Waals surface area contributed by atoms with E-state index in [0.29, 0.717) is 18.4 Å². The van der Waals surface area contributed by atoms with E-state index in [0.717, 1.165) is 11.1 Å². The van der Waals surface area contributed by atoms with Crippen LogP contribution < -0.4 is 0 Å². The van der Waals surface area contributed by atoms with Crippen LogP contribution in [-0.2, 0) is 12.8 Å². The highest BCUT2D eigenvalue weighted by atomic mass is 19.1. The van der Waals surface area contributed by atoms with Crippen molar-refractivity contribution in [3.05, 3.63) is 70.3 Å². The van der Waals surface area contributed by atoms with E-state index in [4.69, 9.17) is 0 Å². The average Bonchev–Trinajstić information content (AvgIpc) is 2.39. The minimum Gasteiger partial charge on any atom is -0.207 e. The van der Waals surface area contributed by atoms with Crippen LogP contribution in [0, 0.1) is 30.4 Å². The third kappa shape index (κ3) is 3.45. The lowest BCUT2D eigenvalue weighted by Crippen LogP contribution is -2.00. The fourth-order valence-electron chi connectivity index (χ4n) is 2.14. The van der Waals surface area contributed by atoms with E-state index in [2.05, 4.69) is 11.8 Å². The molecule has 0 nitrogen and oxygen atoms in total. The molecule has 0 unspecified atom stereocenters. The van der Waals surface area contributed by atoms with Gasteiger partial charge in [-0.3, -0.25) is 0 Å². The van der Waals surface area contributed by atoms with Gasteiger partial charge in [0.25, 0.3) is 0 Å². The van der Waals surface area contributed by atoms with Gasteiger partial charge in [-0.2, -0.15) is 0 Å². The van der Waals surface area contributed by atoms with E-state index in [1.807, 2.05) is 24.3 Å². The molecule has 2 aromatic rings. The SMILES string of the molecule is CC#Cc1ccc(CCc2c(F)cc(C)cc2F)cc1. The maximum Gasteiger partial charge on any atom is 0.129 e. The van der Waals surface area contributed by atoms with Crippen LogP contribution in [0.2, 0.25) is 0 Å². The van der Waals surface area contributed by atoms with Gasteiger partial charge in [0.1, 0.15) is 11.6 Å². The van der Waals surface area contributed by atoms with Crippen molar-refractivity contribution >= 4 is 0 Å². The molecule has 0 saturated carbocycles. The Labute approximate surface area is 118 Å². The third-order valence-corrected chi connectivity index (χ3v) is 3.17. The third-order valence-electron chi connectivity index (χ3n) is 3.17. The molecule has 0 radical (unpaired) electrons. The first-order valence-corrected chi connectivity index (χ1v) is 6.56. The fourth-order valence-corrected chi connectivity index (χ4v) is 2.14. The number of halogens is 2. The number of benzene rings is 2. The van der Waals surface area contributed by atoms with Crippen LogP contribution in [0.4, 0.5) is 8.78 Å². The normalized spacial score (nSPS) is 10.0. The zero-order valence-corrected chi connectivity index (χ0v) is 11.6. The molecule has 0 heterocycles. The summed E-state index contributed by atoms with van der Waals surface area (Å²) < 4.78 is 27.4. The highest BCUT2D eigenvalue weighted by molar-refractivity contribution is 5.36. The molecular weight excluding hydrogens is 254 g/mol. The number of hydrogen-bond acceptors (Lipinski definition) is 0. The molecule has 0 bridgehead atoms. The van der Waals surface area contributed by atoms with Crippen LogP contribution in [0.5, 0.6) is 0 Å². The van der Waals surface area contributed by atoms with Gasteiger partial charge >= 0.3 is 0 Å². The van der Waals surface area contributed by atoms with Gasteiger partial charge in [0.2, 0.25) is 0 Å². The first-order valence-electron chi connectivity index (χ1n) is 6.56. The number of hydrogen-bond donors (Lipinski definition) is 0. The second-order valence-corrected chi connectivity index (χ2v) is 4.78. The van der Waals surface area contributed by atoms with E-state index < -0.39 is 11.6 Å². The van der Waals surface area contributed by atoms with Crippen molar-refractivity contribution in [1.29, 1.82) is 0 Å². The van der Waals surface area contributed by atoms with Gasteiger partial charge in [-0.15, -0.1) is 5.92 Å². The lowest BCUT2D eigenvalue weighted by atomic mass is 10.0. The van der Waals surface area contributed by atoms with Crippen molar-refractivity contribution in [1.82, 2.24) is 0 Å². The Morgan fingerprint density at radius 1 is 0.950 bits per heavy atom. The first-order chi connectivity index (χ1) is 9.60. The monoisotopic (exact) mass is 270 g/mol.